The first-order valence-corrected chi connectivity index (χ1v) is 8.04. The molecule has 0 bridgehead atoms. The molecule has 3 rings (SSSR count). The molecule has 1 saturated heterocycles. The number of nitrogens with zero attached hydrogens (tertiary/aromatic N) is 3. The summed E-state index contributed by atoms with van der Waals surface area (Å²) in [6.07, 6.45) is -0.315. The van der Waals surface area contributed by atoms with E-state index in [1.54, 1.807) is 6.07 Å². The Balaban J connectivity index is 1.74. The summed E-state index contributed by atoms with van der Waals surface area (Å²) in [7, 11) is 0. The van der Waals surface area contributed by atoms with E-state index < -0.39 is 23.9 Å². The van der Waals surface area contributed by atoms with E-state index in [1.807, 2.05) is 6.07 Å². The highest BCUT2D eigenvalue weighted by molar-refractivity contribution is 6.03. The molecule has 0 saturated carbocycles. The van der Waals surface area contributed by atoms with E-state index in [2.05, 4.69) is 10.3 Å². The number of pyridine rings is 1. The number of benzene rings is 1. The Morgan fingerprint density at radius 1 is 1.37 bits per heavy atom. The van der Waals surface area contributed by atoms with Gasteiger partial charge in [-0.15, -0.1) is 0 Å². The molecule has 2 heterocycles. The number of aromatic nitrogens is 1. The molecule has 1 aliphatic heterocycles. The van der Waals surface area contributed by atoms with Crippen molar-refractivity contribution < 1.29 is 23.8 Å². The topological polar surface area (TPSA) is 116 Å². The fourth-order valence-electron chi connectivity index (χ4n) is 2.67. The molecule has 2 amide bonds. The van der Waals surface area contributed by atoms with E-state index in [0.29, 0.717) is 5.56 Å². The summed E-state index contributed by atoms with van der Waals surface area (Å²) < 4.78 is 19.9. The second-order valence-electron chi connectivity index (χ2n) is 5.82. The molecule has 0 aliphatic carbocycles. The summed E-state index contributed by atoms with van der Waals surface area (Å²) in [6, 6.07) is 8.79. The first-order chi connectivity index (χ1) is 13.0. The maximum Gasteiger partial charge on any atom is 0.407 e. The molecule has 27 heavy (non-hydrogen) atoms. The zero-order chi connectivity index (χ0) is 19.4. The number of anilines is 1. The highest BCUT2D eigenvalue weighted by Gasteiger charge is 2.25. The molecule has 0 unspecified atom stereocenters. The number of ether oxygens (including phenoxy) is 1. The first-order valence-electron chi connectivity index (χ1n) is 8.04. The van der Waals surface area contributed by atoms with Crippen LogP contribution in [0.2, 0.25) is 0 Å². The molecule has 1 aromatic carbocycles. The van der Waals surface area contributed by atoms with Crippen molar-refractivity contribution in [3.8, 4) is 6.07 Å². The van der Waals surface area contributed by atoms with Gasteiger partial charge < -0.3 is 20.1 Å². The third-order valence-corrected chi connectivity index (χ3v) is 4.07. The number of carbonyl (C=O) groups excluding carboxylic acids is 1. The smallest absolute Gasteiger partial charge is 0.407 e. The van der Waals surface area contributed by atoms with E-state index in [-0.39, 0.29) is 36.6 Å². The number of amides is 2. The number of nitrogens with one attached hydrogen (secondary N) is 1. The van der Waals surface area contributed by atoms with Crippen molar-refractivity contribution in [1.29, 1.82) is 5.26 Å². The summed E-state index contributed by atoms with van der Waals surface area (Å²) in [5.74, 6) is -1.34. The molecule has 1 fully saturated rings. The van der Waals surface area contributed by atoms with Gasteiger partial charge in [-0.25, -0.2) is 9.18 Å². The molecule has 2 N–H and O–H groups in total. The predicted octanol–water partition coefficient (Wildman–Crippen LogP) is 2.40. The first kappa shape index (κ1) is 18.3. The van der Waals surface area contributed by atoms with Crippen molar-refractivity contribution in [3.63, 3.8) is 0 Å². The summed E-state index contributed by atoms with van der Waals surface area (Å²) in [5, 5.41) is 20.3. The van der Waals surface area contributed by atoms with Gasteiger partial charge in [0.25, 0.3) is 5.91 Å². The molecule has 138 valence electrons. The molecule has 2 aromatic rings. The number of nitriles is 1. The summed E-state index contributed by atoms with van der Waals surface area (Å²) in [5.41, 5.74) is 0.675. The quantitative estimate of drug-likeness (QED) is 0.857. The van der Waals surface area contributed by atoms with Crippen LogP contribution in [0.3, 0.4) is 0 Å². The van der Waals surface area contributed by atoms with Crippen LogP contribution in [0.4, 0.5) is 14.9 Å². The average molecular weight is 370 g/mol. The van der Waals surface area contributed by atoms with Crippen molar-refractivity contribution in [2.75, 3.05) is 25.0 Å². The van der Waals surface area contributed by atoms with Crippen molar-refractivity contribution >= 4 is 17.7 Å². The number of hydrogen-bond donors (Lipinski definition) is 2. The Bertz CT molecular complexity index is 928. The Kier molecular flexibility index (Phi) is 5.28. The second-order valence-corrected chi connectivity index (χ2v) is 5.82. The minimum atomic E-state index is -1.06. The Morgan fingerprint density at radius 2 is 2.19 bits per heavy atom. The van der Waals surface area contributed by atoms with Crippen LogP contribution in [0.25, 0.3) is 0 Å². The van der Waals surface area contributed by atoms with E-state index >= 15 is 0 Å². The molecule has 1 atom stereocenters. The van der Waals surface area contributed by atoms with Gasteiger partial charge in [-0.2, -0.15) is 5.26 Å². The molecule has 0 radical (unpaired) electrons. The Labute approximate surface area is 153 Å². The average Bonchev–Trinajstić information content (AvgIpc) is 2.69. The van der Waals surface area contributed by atoms with E-state index in [0.717, 1.165) is 0 Å². The van der Waals surface area contributed by atoms with Gasteiger partial charge in [0.05, 0.1) is 30.5 Å². The maximum atomic E-state index is 14.4. The van der Waals surface area contributed by atoms with Gasteiger partial charge in [0, 0.05) is 12.7 Å². The van der Waals surface area contributed by atoms with Gasteiger partial charge >= 0.3 is 6.09 Å². The van der Waals surface area contributed by atoms with Crippen LogP contribution in [0.5, 0.6) is 0 Å². The number of rotatable bonds is 3. The van der Waals surface area contributed by atoms with Crippen molar-refractivity contribution in [2.24, 2.45) is 0 Å². The Morgan fingerprint density at radius 3 is 2.89 bits per heavy atom. The predicted molar refractivity (Wildman–Crippen MR) is 91.6 cm³/mol. The fraction of sp³-hybridized carbons (Fsp3) is 0.222. The van der Waals surface area contributed by atoms with Crippen LogP contribution in [0.15, 0.2) is 36.5 Å². The summed E-state index contributed by atoms with van der Waals surface area (Å²) in [6.45, 7) is 0.584. The van der Waals surface area contributed by atoms with Crippen LogP contribution in [-0.4, -0.2) is 46.7 Å². The highest BCUT2D eigenvalue weighted by atomic mass is 19.1. The normalized spacial score (nSPS) is 16.4. The number of carboxylic acid groups (broad SMARTS) is 1. The fourth-order valence-corrected chi connectivity index (χ4v) is 2.67. The SMILES string of the molecule is N#Cc1ccnc(C(=O)Nc2ccc([C@H]3CN(C(=O)O)CCO3)cc2F)c1. The number of carbonyl (C=O) groups is 2. The standard InChI is InChI=1S/C18H15FN4O4/c19-13-8-12(16-10-23(18(25)26)5-6-27-16)1-2-14(13)22-17(24)15-7-11(9-20)3-4-21-15/h1-4,7-8,16H,5-6,10H2,(H,22,24)(H,25,26)/t16-/m1/s1. The van der Waals surface area contributed by atoms with Crippen molar-refractivity contribution in [2.45, 2.75) is 6.10 Å². The van der Waals surface area contributed by atoms with Crippen molar-refractivity contribution in [3.05, 3.63) is 59.2 Å². The lowest BCUT2D eigenvalue weighted by atomic mass is 10.1. The molecule has 9 heteroatoms. The summed E-state index contributed by atoms with van der Waals surface area (Å²) in [4.78, 5) is 28.3. The largest absolute Gasteiger partial charge is 0.465 e. The van der Waals surface area contributed by atoms with Gasteiger partial charge in [-0.05, 0) is 29.8 Å². The third-order valence-electron chi connectivity index (χ3n) is 4.07. The Hall–Kier alpha value is -3.51. The van der Waals surface area contributed by atoms with Gasteiger partial charge in [0.2, 0.25) is 0 Å². The van der Waals surface area contributed by atoms with Gasteiger partial charge in [0.15, 0.2) is 0 Å². The minimum Gasteiger partial charge on any atom is -0.465 e. The zero-order valence-corrected chi connectivity index (χ0v) is 14.1. The maximum absolute atomic E-state index is 14.4. The second kappa shape index (κ2) is 7.80. The molecule has 1 aliphatic rings. The lowest BCUT2D eigenvalue weighted by Crippen LogP contribution is -2.41. The molecule has 1 aromatic heterocycles. The number of morpholine rings is 1. The zero-order valence-electron chi connectivity index (χ0n) is 14.1. The van der Waals surface area contributed by atoms with Crippen LogP contribution < -0.4 is 5.32 Å². The monoisotopic (exact) mass is 370 g/mol. The molecular weight excluding hydrogens is 355 g/mol. The molecule has 0 spiro atoms. The van der Waals surface area contributed by atoms with Gasteiger partial charge in [-0.3, -0.25) is 9.78 Å². The highest BCUT2D eigenvalue weighted by Crippen LogP contribution is 2.26. The van der Waals surface area contributed by atoms with Crippen molar-refractivity contribution in [1.82, 2.24) is 9.88 Å². The molecular formula is C18H15FN4O4. The van der Waals surface area contributed by atoms with E-state index in [9.17, 15) is 14.0 Å². The minimum absolute atomic E-state index is 0.00904. The lowest BCUT2D eigenvalue weighted by Gasteiger charge is -2.31. The molecule has 8 nitrogen and oxygen atoms in total. The van der Waals surface area contributed by atoms with Crippen LogP contribution in [0, 0.1) is 17.1 Å². The van der Waals surface area contributed by atoms with E-state index in [1.165, 1.54) is 35.4 Å². The van der Waals surface area contributed by atoms with Crippen LogP contribution in [0.1, 0.15) is 27.7 Å². The lowest BCUT2D eigenvalue weighted by molar-refractivity contribution is -0.0233. The van der Waals surface area contributed by atoms with Crippen LogP contribution >= 0.6 is 0 Å². The third kappa shape index (κ3) is 4.19. The van der Waals surface area contributed by atoms with Gasteiger partial charge in [-0.1, -0.05) is 6.07 Å². The number of hydrogen-bond acceptors (Lipinski definition) is 5. The van der Waals surface area contributed by atoms with E-state index in [4.69, 9.17) is 15.1 Å². The number of halogens is 1. The van der Waals surface area contributed by atoms with Gasteiger partial charge in [0.1, 0.15) is 17.6 Å². The van der Waals surface area contributed by atoms with Crippen LogP contribution in [-0.2, 0) is 4.74 Å². The summed E-state index contributed by atoms with van der Waals surface area (Å²) >= 11 is 0.